The molecule has 0 saturated heterocycles. The maximum Gasteiger partial charge on any atom is 0.337 e. The van der Waals surface area contributed by atoms with Gasteiger partial charge >= 0.3 is 5.97 Å². The molecule has 0 atom stereocenters. The highest BCUT2D eigenvalue weighted by atomic mass is 35.5. The third kappa shape index (κ3) is 3.48. The smallest absolute Gasteiger partial charge is 0.337 e. The molecule has 2 rings (SSSR count). The topological polar surface area (TPSA) is 85.5 Å². The average molecular weight is 297 g/mol. The second kappa shape index (κ2) is 6.38. The Morgan fingerprint density at radius 2 is 2.30 bits per heavy atom. The lowest BCUT2D eigenvalue weighted by molar-refractivity contribution is 0.0696. The van der Waals surface area contributed by atoms with Crippen LogP contribution in [0.4, 0.5) is 0 Å². The Kier molecular flexibility index (Phi) is 4.57. The molecule has 106 valence electrons. The fourth-order valence-corrected chi connectivity index (χ4v) is 1.77. The predicted molar refractivity (Wildman–Crippen MR) is 71.0 cm³/mol. The molecular weight excluding hydrogens is 284 g/mol. The Balaban J connectivity index is 2.03. The lowest BCUT2D eigenvalue weighted by Crippen LogP contribution is -2.01. The van der Waals surface area contributed by atoms with Gasteiger partial charge in [-0.1, -0.05) is 23.7 Å². The molecular formula is C13H13ClN2O4. The molecule has 0 aliphatic carbocycles. The van der Waals surface area contributed by atoms with E-state index in [2.05, 4.69) is 10.1 Å². The maximum atomic E-state index is 10.9. The second-order valence-electron chi connectivity index (χ2n) is 4.09. The summed E-state index contributed by atoms with van der Waals surface area (Å²) in [5, 5.41) is 12.9. The fourth-order valence-electron chi connectivity index (χ4n) is 1.57. The monoisotopic (exact) mass is 296 g/mol. The van der Waals surface area contributed by atoms with Crippen LogP contribution in [-0.2, 0) is 13.0 Å². The first-order valence-electron chi connectivity index (χ1n) is 6.07. The summed E-state index contributed by atoms with van der Waals surface area (Å²) in [6.07, 6.45) is 1.64. The van der Waals surface area contributed by atoms with E-state index in [4.69, 9.17) is 26.0 Å². The number of nitrogens with zero attached hydrogens (tertiary/aromatic N) is 2. The van der Waals surface area contributed by atoms with Crippen molar-refractivity contribution < 1.29 is 19.2 Å². The van der Waals surface area contributed by atoms with Gasteiger partial charge in [0.15, 0.2) is 6.61 Å². The first-order chi connectivity index (χ1) is 9.60. The molecule has 20 heavy (non-hydrogen) atoms. The van der Waals surface area contributed by atoms with Crippen molar-refractivity contribution in [3.8, 4) is 5.75 Å². The van der Waals surface area contributed by atoms with E-state index >= 15 is 0 Å². The number of ether oxygens (including phenoxy) is 1. The molecule has 0 radical (unpaired) electrons. The maximum absolute atomic E-state index is 10.9. The van der Waals surface area contributed by atoms with Gasteiger partial charge in [-0.05, 0) is 24.6 Å². The molecule has 1 N–H and O–H groups in total. The van der Waals surface area contributed by atoms with Crippen LogP contribution in [0, 0.1) is 0 Å². The van der Waals surface area contributed by atoms with Gasteiger partial charge in [-0.2, -0.15) is 4.98 Å². The molecule has 1 aromatic heterocycles. The predicted octanol–water partition coefficient (Wildman–Crippen LogP) is 2.95. The Labute approximate surface area is 120 Å². The van der Waals surface area contributed by atoms with E-state index in [-0.39, 0.29) is 17.2 Å². The Morgan fingerprint density at radius 1 is 1.50 bits per heavy atom. The van der Waals surface area contributed by atoms with Crippen molar-refractivity contribution in [2.24, 2.45) is 0 Å². The van der Waals surface area contributed by atoms with Crippen LogP contribution in [0.3, 0.4) is 0 Å². The summed E-state index contributed by atoms with van der Waals surface area (Å²) in [5.74, 6) is 0.257. The minimum atomic E-state index is -1.11. The van der Waals surface area contributed by atoms with Gasteiger partial charge in [-0.15, -0.1) is 0 Å². The van der Waals surface area contributed by atoms with Crippen molar-refractivity contribution in [2.75, 3.05) is 0 Å². The minimum absolute atomic E-state index is 0.0102. The van der Waals surface area contributed by atoms with E-state index < -0.39 is 5.97 Å². The van der Waals surface area contributed by atoms with Crippen LogP contribution in [0.25, 0.3) is 0 Å². The van der Waals surface area contributed by atoms with Crippen LogP contribution < -0.4 is 4.74 Å². The molecule has 0 aliphatic heterocycles. The molecule has 1 heterocycles. The molecule has 0 unspecified atom stereocenters. The summed E-state index contributed by atoms with van der Waals surface area (Å²) in [6, 6.07) is 4.42. The highest BCUT2D eigenvalue weighted by Crippen LogP contribution is 2.22. The van der Waals surface area contributed by atoms with Gasteiger partial charge in [0, 0.05) is 6.42 Å². The summed E-state index contributed by atoms with van der Waals surface area (Å²) in [6.45, 7) is 2.12. The largest absolute Gasteiger partial charge is 0.485 e. The van der Waals surface area contributed by atoms with E-state index in [0.717, 1.165) is 12.8 Å². The molecule has 1 aromatic carbocycles. The lowest BCUT2D eigenvalue weighted by atomic mass is 10.2. The van der Waals surface area contributed by atoms with E-state index in [0.29, 0.717) is 17.5 Å². The molecule has 0 saturated carbocycles. The van der Waals surface area contributed by atoms with Gasteiger partial charge in [-0.3, -0.25) is 0 Å². The summed E-state index contributed by atoms with van der Waals surface area (Å²) >= 11 is 5.77. The van der Waals surface area contributed by atoms with Crippen LogP contribution >= 0.6 is 11.6 Å². The van der Waals surface area contributed by atoms with E-state index in [9.17, 15) is 4.79 Å². The van der Waals surface area contributed by atoms with Crippen LogP contribution in [0.15, 0.2) is 22.7 Å². The minimum Gasteiger partial charge on any atom is -0.485 e. The zero-order chi connectivity index (χ0) is 14.5. The number of aryl methyl sites for hydroxylation is 1. The average Bonchev–Trinajstić information content (AvgIpc) is 2.86. The second-order valence-corrected chi connectivity index (χ2v) is 4.50. The molecule has 7 heteroatoms. The number of hydrogen-bond donors (Lipinski definition) is 1. The van der Waals surface area contributed by atoms with Gasteiger partial charge in [0.1, 0.15) is 5.75 Å². The number of halogens is 1. The molecule has 0 aliphatic rings. The van der Waals surface area contributed by atoms with Crippen LogP contribution in [0.2, 0.25) is 5.02 Å². The zero-order valence-electron chi connectivity index (χ0n) is 10.8. The number of carboxylic acids is 1. The number of carbonyl (C=O) groups is 1. The normalized spacial score (nSPS) is 10.5. The van der Waals surface area contributed by atoms with Crippen molar-refractivity contribution >= 4 is 17.6 Å². The number of aromatic nitrogens is 2. The third-order valence-corrected chi connectivity index (χ3v) is 2.84. The highest BCUT2D eigenvalue weighted by Gasteiger charge is 2.11. The Hall–Kier alpha value is -2.08. The molecule has 6 nitrogen and oxygen atoms in total. The highest BCUT2D eigenvalue weighted by molar-refractivity contribution is 6.33. The van der Waals surface area contributed by atoms with Crippen molar-refractivity contribution in [2.45, 2.75) is 26.4 Å². The van der Waals surface area contributed by atoms with Gasteiger partial charge in [0.2, 0.25) is 11.7 Å². The summed E-state index contributed by atoms with van der Waals surface area (Å²) < 4.78 is 10.4. The van der Waals surface area contributed by atoms with E-state index in [1.165, 1.54) is 12.1 Å². The summed E-state index contributed by atoms with van der Waals surface area (Å²) in [7, 11) is 0. The number of hydrogen-bond acceptors (Lipinski definition) is 5. The van der Waals surface area contributed by atoms with E-state index in [1.807, 2.05) is 6.92 Å². The summed E-state index contributed by atoms with van der Waals surface area (Å²) in [4.78, 5) is 15.1. The first-order valence-corrected chi connectivity index (χ1v) is 6.45. The fraction of sp³-hybridized carbons (Fsp3) is 0.308. The van der Waals surface area contributed by atoms with Gasteiger partial charge in [0.25, 0.3) is 0 Å². The Bertz CT molecular complexity index is 612. The standard InChI is InChI=1S/C13H13ClN2O4/c1-2-3-12-15-11(16-20-12)7-19-8-4-5-10(14)9(6-8)13(17)18/h4-6H,2-3,7H2,1H3,(H,17,18). The van der Waals surface area contributed by atoms with Crippen molar-refractivity contribution in [3.05, 3.63) is 40.5 Å². The van der Waals surface area contributed by atoms with Gasteiger partial charge in [-0.25, -0.2) is 4.79 Å². The summed E-state index contributed by atoms with van der Waals surface area (Å²) in [5.41, 5.74) is -0.0102. The number of benzene rings is 1. The van der Waals surface area contributed by atoms with Crippen molar-refractivity contribution in [1.29, 1.82) is 0 Å². The molecule has 2 aromatic rings. The van der Waals surface area contributed by atoms with Gasteiger partial charge in [0.05, 0.1) is 10.6 Å². The first kappa shape index (κ1) is 14.3. The van der Waals surface area contributed by atoms with Crippen LogP contribution in [0.5, 0.6) is 5.75 Å². The number of rotatable bonds is 6. The number of carboxylic acid groups (broad SMARTS) is 1. The third-order valence-electron chi connectivity index (χ3n) is 2.51. The van der Waals surface area contributed by atoms with E-state index in [1.54, 1.807) is 6.07 Å². The molecule has 0 fully saturated rings. The lowest BCUT2D eigenvalue weighted by Gasteiger charge is -2.05. The van der Waals surface area contributed by atoms with Crippen LogP contribution in [-0.4, -0.2) is 21.2 Å². The van der Waals surface area contributed by atoms with Crippen molar-refractivity contribution in [3.63, 3.8) is 0 Å². The SMILES string of the molecule is CCCc1nc(COc2ccc(Cl)c(C(=O)O)c2)no1. The quantitative estimate of drug-likeness (QED) is 0.882. The molecule has 0 amide bonds. The molecule has 0 spiro atoms. The Morgan fingerprint density at radius 3 is 3.00 bits per heavy atom. The van der Waals surface area contributed by atoms with Crippen molar-refractivity contribution in [1.82, 2.24) is 10.1 Å². The van der Waals surface area contributed by atoms with Gasteiger partial charge < -0.3 is 14.4 Å². The van der Waals surface area contributed by atoms with Crippen LogP contribution in [0.1, 0.15) is 35.4 Å². The number of aromatic carboxylic acids is 1. The molecule has 0 bridgehead atoms. The zero-order valence-corrected chi connectivity index (χ0v) is 11.6.